The average molecular weight is 290 g/mol. The van der Waals surface area contributed by atoms with E-state index in [1.807, 2.05) is 12.1 Å². The normalized spacial score (nSPS) is 23.8. The zero-order chi connectivity index (χ0) is 15.2. The number of aromatic nitrogens is 1. The molecule has 0 spiro atoms. The Bertz CT molecular complexity index is 449. The molecule has 1 amide bonds. The molecule has 1 saturated heterocycles. The standard InChI is InChI=1S/C16H26N4O/c1-19(2)15-7-6-14(11-20(3)12-15)16(21)18-10-13-5-4-8-17-9-13/h4-5,8-9,14-15H,6-7,10-12H2,1-3H3,(H,18,21)/t14-,15+/m1/s1. The molecule has 0 bridgehead atoms. The number of hydrogen-bond acceptors (Lipinski definition) is 4. The van der Waals surface area contributed by atoms with E-state index in [1.54, 1.807) is 12.4 Å². The quantitative estimate of drug-likeness (QED) is 0.898. The van der Waals surface area contributed by atoms with E-state index in [9.17, 15) is 4.79 Å². The highest BCUT2D eigenvalue weighted by atomic mass is 16.1. The maximum Gasteiger partial charge on any atom is 0.224 e. The molecule has 0 radical (unpaired) electrons. The Labute approximate surface area is 127 Å². The van der Waals surface area contributed by atoms with Crippen LogP contribution in [0.3, 0.4) is 0 Å². The lowest BCUT2D eigenvalue weighted by molar-refractivity contribution is -0.125. The van der Waals surface area contributed by atoms with Crippen LogP contribution in [0, 0.1) is 5.92 Å². The number of pyridine rings is 1. The van der Waals surface area contributed by atoms with Gasteiger partial charge in [-0.1, -0.05) is 6.07 Å². The predicted molar refractivity (Wildman–Crippen MR) is 83.8 cm³/mol. The number of nitrogens with zero attached hydrogens (tertiary/aromatic N) is 3. The van der Waals surface area contributed by atoms with Crippen LogP contribution in [0.15, 0.2) is 24.5 Å². The second-order valence-electron chi connectivity index (χ2n) is 6.19. The first-order chi connectivity index (χ1) is 10.1. The molecule has 1 aliphatic rings. The lowest BCUT2D eigenvalue weighted by Gasteiger charge is -2.25. The maximum absolute atomic E-state index is 12.4. The Kier molecular flexibility index (Phi) is 5.70. The molecule has 21 heavy (non-hydrogen) atoms. The fourth-order valence-electron chi connectivity index (χ4n) is 2.86. The third-order valence-corrected chi connectivity index (χ3v) is 4.19. The number of nitrogens with one attached hydrogen (secondary N) is 1. The molecule has 1 fully saturated rings. The topological polar surface area (TPSA) is 48.5 Å². The lowest BCUT2D eigenvalue weighted by atomic mass is 10.0. The molecule has 0 saturated carbocycles. The van der Waals surface area contributed by atoms with Crippen LogP contribution in [-0.2, 0) is 11.3 Å². The summed E-state index contributed by atoms with van der Waals surface area (Å²) in [4.78, 5) is 21.0. The van der Waals surface area contributed by atoms with Gasteiger partial charge in [0, 0.05) is 38.1 Å². The van der Waals surface area contributed by atoms with Gasteiger partial charge in [0.05, 0.1) is 5.92 Å². The summed E-state index contributed by atoms with van der Waals surface area (Å²) in [5.74, 6) is 0.238. The Morgan fingerprint density at radius 3 is 2.90 bits per heavy atom. The van der Waals surface area contributed by atoms with Gasteiger partial charge in [0.25, 0.3) is 0 Å². The van der Waals surface area contributed by atoms with Gasteiger partial charge in [0.2, 0.25) is 5.91 Å². The molecular formula is C16H26N4O. The van der Waals surface area contributed by atoms with Gasteiger partial charge in [-0.15, -0.1) is 0 Å². The zero-order valence-corrected chi connectivity index (χ0v) is 13.2. The third kappa shape index (κ3) is 4.79. The van der Waals surface area contributed by atoms with E-state index >= 15 is 0 Å². The molecule has 5 nitrogen and oxygen atoms in total. The van der Waals surface area contributed by atoms with E-state index in [1.165, 1.54) is 0 Å². The van der Waals surface area contributed by atoms with Gasteiger partial charge >= 0.3 is 0 Å². The number of rotatable bonds is 4. The van der Waals surface area contributed by atoms with Gasteiger partial charge in [-0.25, -0.2) is 0 Å². The molecule has 116 valence electrons. The van der Waals surface area contributed by atoms with E-state index < -0.39 is 0 Å². The van der Waals surface area contributed by atoms with E-state index in [-0.39, 0.29) is 11.8 Å². The summed E-state index contributed by atoms with van der Waals surface area (Å²) in [6.07, 6.45) is 5.56. The Hall–Kier alpha value is -1.46. The summed E-state index contributed by atoms with van der Waals surface area (Å²) in [6, 6.07) is 4.41. The van der Waals surface area contributed by atoms with E-state index in [0.29, 0.717) is 12.6 Å². The first kappa shape index (κ1) is 15.9. The van der Waals surface area contributed by atoms with Crippen molar-refractivity contribution in [2.45, 2.75) is 25.4 Å². The maximum atomic E-state index is 12.4. The summed E-state index contributed by atoms with van der Waals surface area (Å²) >= 11 is 0. The summed E-state index contributed by atoms with van der Waals surface area (Å²) in [7, 11) is 6.33. The van der Waals surface area contributed by atoms with Crippen molar-refractivity contribution in [3.05, 3.63) is 30.1 Å². The molecule has 1 aromatic heterocycles. The van der Waals surface area contributed by atoms with Gasteiger partial charge in [-0.3, -0.25) is 9.78 Å². The first-order valence-corrected chi connectivity index (χ1v) is 7.58. The van der Waals surface area contributed by atoms with Gasteiger partial charge in [0.1, 0.15) is 0 Å². The second kappa shape index (κ2) is 7.52. The Morgan fingerprint density at radius 2 is 2.24 bits per heavy atom. The van der Waals surface area contributed by atoms with Crippen molar-refractivity contribution in [2.75, 3.05) is 34.2 Å². The van der Waals surface area contributed by atoms with Crippen LogP contribution >= 0.6 is 0 Å². The van der Waals surface area contributed by atoms with E-state index in [4.69, 9.17) is 0 Å². The summed E-state index contributed by atoms with van der Waals surface area (Å²) in [5.41, 5.74) is 1.04. The highest BCUT2D eigenvalue weighted by Crippen LogP contribution is 2.18. The van der Waals surface area contributed by atoms with Crippen LogP contribution in [0.2, 0.25) is 0 Å². The van der Waals surface area contributed by atoms with Crippen LogP contribution in [0.5, 0.6) is 0 Å². The smallest absolute Gasteiger partial charge is 0.224 e. The van der Waals surface area contributed by atoms with Crippen molar-refractivity contribution in [3.8, 4) is 0 Å². The molecule has 2 rings (SSSR count). The van der Waals surface area contributed by atoms with Crippen LogP contribution in [-0.4, -0.2) is 61.0 Å². The molecular weight excluding hydrogens is 264 g/mol. The van der Waals surface area contributed by atoms with Gasteiger partial charge < -0.3 is 15.1 Å². The molecule has 0 aromatic carbocycles. The number of hydrogen-bond donors (Lipinski definition) is 1. The fraction of sp³-hybridized carbons (Fsp3) is 0.625. The minimum absolute atomic E-state index is 0.0802. The summed E-state index contributed by atoms with van der Waals surface area (Å²) < 4.78 is 0. The van der Waals surface area contributed by atoms with E-state index in [2.05, 4.69) is 41.2 Å². The fourth-order valence-corrected chi connectivity index (χ4v) is 2.86. The van der Waals surface area contributed by atoms with Crippen LogP contribution in [0.25, 0.3) is 0 Å². The second-order valence-corrected chi connectivity index (χ2v) is 6.19. The lowest BCUT2D eigenvalue weighted by Crippen LogP contribution is -2.39. The Balaban J connectivity index is 1.87. The monoisotopic (exact) mass is 290 g/mol. The Morgan fingerprint density at radius 1 is 1.43 bits per heavy atom. The van der Waals surface area contributed by atoms with Crippen LogP contribution in [0.4, 0.5) is 0 Å². The van der Waals surface area contributed by atoms with Crippen molar-refractivity contribution < 1.29 is 4.79 Å². The SMILES string of the molecule is CN1C[C@H](C(=O)NCc2cccnc2)CC[C@H](N(C)C)C1. The summed E-state index contributed by atoms with van der Waals surface area (Å²) in [6.45, 7) is 2.42. The minimum atomic E-state index is 0.0802. The van der Waals surface area contributed by atoms with Crippen molar-refractivity contribution in [2.24, 2.45) is 5.92 Å². The third-order valence-electron chi connectivity index (χ3n) is 4.19. The molecule has 0 unspecified atom stereocenters. The molecule has 1 aliphatic heterocycles. The molecule has 5 heteroatoms. The van der Waals surface area contributed by atoms with Crippen molar-refractivity contribution in [1.82, 2.24) is 20.1 Å². The van der Waals surface area contributed by atoms with Crippen LogP contribution in [0.1, 0.15) is 18.4 Å². The van der Waals surface area contributed by atoms with Crippen molar-refractivity contribution >= 4 is 5.91 Å². The predicted octanol–water partition coefficient (Wildman–Crippen LogP) is 0.970. The molecule has 2 heterocycles. The van der Waals surface area contributed by atoms with E-state index in [0.717, 1.165) is 31.5 Å². The molecule has 1 N–H and O–H groups in total. The largest absolute Gasteiger partial charge is 0.352 e. The number of likely N-dealkylation sites (N-methyl/N-ethyl adjacent to an activating group) is 2. The number of amides is 1. The highest BCUT2D eigenvalue weighted by Gasteiger charge is 2.27. The van der Waals surface area contributed by atoms with Crippen molar-refractivity contribution in [3.63, 3.8) is 0 Å². The average Bonchev–Trinajstić information content (AvgIpc) is 2.68. The zero-order valence-electron chi connectivity index (χ0n) is 13.2. The number of carbonyl (C=O) groups is 1. The minimum Gasteiger partial charge on any atom is -0.352 e. The molecule has 2 atom stereocenters. The number of carbonyl (C=O) groups excluding carboxylic acids is 1. The van der Waals surface area contributed by atoms with Crippen LogP contribution < -0.4 is 5.32 Å². The highest BCUT2D eigenvalue weighted by molar-refractivity contribution is 5.78. The molecule has 0 aliphatic carbocycles. The van der Waals surface area contributed by atoms with Gasteiger partial charge in [-0.05, 0) is 45.6 Å². The molecule has 1 aromatic rings. The number of likely N-dealkylation sites (tertiary alicyclic amines) is 1. The van der Waals surface area contributed by atoms with Crippen molar-refractivity contribution in [1.29, 1.82) is 0 Å². The first-order valence-electron chi connectivity index (χ1n) is 7.58. The van der Waals surface area contributed by atoms with Gasteiger partial charge in [0.15, 0.2) is 0 Å². The van der Waals surface area contributed by atoms with Gasteiger partial charge in [-0.2, -0.15) is 0 Å². The summed E-state index contributed by atoms with van der Waals surface area (Å²) in [5, 5.41) is 3.04.